The van der Waals surface area contributed by atoms with Gasteiger partial charge in [0.25, 0.3) is 0 Å². The van der Waals surface area contributed by atoms with Crippen LogP contribution in [0.1, 0.15) is 18.1 Å². The van der Waals surface area contributed by atoms with Gasteiger partial charge in [0.2, 0.25) is 0 Å². The zero-order valence-electron chi connectivity index (χ0n) is 13.3. The molecule has 0 saturated heterocycles. The minimum absolute atomic E-state index is 0.593. The van der Waals surface area contributed by atoms with Crippen LogP contribution >= 0.6 is 0 Å². The number of hydrogen-bond donors (Lipinski definition) is 1. The molecule has 3 nitrogen and oxygen atoms in total. The largest absolute Gasteiger partial charge is 0.491 e. The average molecular weight is 299 g/mol. The van der Waals surface area contributed by atoms with Gasteiger partial charge in [-0.3, -0.25) is 0 Å². The monoisotopic (exact) mass is 299 g/mol. The first-order valence-electron chi connectivity index (χ1n) is 7.93. The van der Waals surface area contributed by atoms with E-state index in [1.807, 2.05) is 24.3 Å². The lowest BCUT2D eigenvalue weighted by molar-refractivity contribution is 0.101. The lowest BCUT2D eigenvalue weighted by Crippen LogP contribution is -2.20. The van der Waals surface area contributed by atoms with E-state index in [9.17, 15) is 0 Å². The number of para-hydroxylation sites is 1. The number of rotatable bonds is 10. The highest BCUT2D eigenvalue weighted by Gasteiger charge is 2.00. The second-order valence-corrected chi connectivity index (χ2v) is 5.08. The first kappa shape index (κ1) is 16.5. The second kappa shape index (κ2) is 9.98. The molecule has 22 heavy (non-hydrogen) atoms. The molecule has 0 radical (unpaired) electrons. The van der Waals surface area contributed by atoms with Crippen molar-refractivity contribution in [1.82, 2.24) is 5.32 Å². The standard InChI is InChI=1S/C19H25NO2/c1-2-18-10-6-7-11-19(18)22-15-14-21-13-12-20-16-17-8-4-3-5-9-17/h3-11,20H,2,12-16H2,1H3. The summed E-state index contributed by atoms with van der Waals surface area (Å²) in [6, 6.07) is 18.5. The molecule has 2 aromatic rings. The van der Waals surface area contributed by atoms with Gasteiger partial charge < -0.3 is 14.8 Å². The van der Waals surface area contributed by atoms with Crippen molar-refractivity contribution < 1.29 is 9.47 Å². The lowest BCUT2D eigenvalue weighted by Gasteiger charge is -2.10. The van der Waals surface area contributed by atoms with Crippen LogP contribution in [-0.2, 0) is 17.7 Å². The first-order chi connectivity index (χ1) is 10.9. The van der Waals surface area contributed by atoms with Crippen LogP contribution in [0.2, 0.25) is 0 Å². The van der Waals surface area contributed by atoms with E-state index in [2.05, 4.69) is 42.6 Å². The molecule has 0 spiro atoms. The zero-order valence-corrected chi connectivity index (χ0v) is 13.3. The lowest BCUT2D eigenvalue weighted by atomic mass is 10.1. The van der Waals surface area contributed by atoms with E-state index in [1.165, 1.54) is 11.1 Å². The van der Waals surface area contributed by atoms with Crippen LogP contribution in [0.4, 0.5) is 0 Å². The Morgan fingerprint density at radius 2 is 1.64 bits per heavy atom. The Morgan fingerprint density at radius 3 is 2.45 bits per heavy atom. The van der Waals surface area contributed by atoms with E-state index in [-0.39, 0.29) is 0 Å². The topological polar surface area (TPSA) is 30.5 Å². The van der Waals surface area contributed by atoms with Crippen LogP contribution in [0.3, 0.4) is 0 Å². The van der Waals surface area contributed by atoms with Gasteiger partial charge >= 0.3 is 0 Å². The van der Waals surface area contributed by atoms with E-state index in [0.717, 1.165) is 25.3 Å². The summed E-state index contributed by atoms with van der Waals surface area (Å²) in [5.41, 5.74) is 2.54. The quantitative estimate of drug-likeness (QED) is 0.682. The third kappa shape index (κ3) is 5.88. The Bertz CT molecular complexity index is 528. The molecule has 2 aromatic carbocycles. The van der Waals surface area contributed by atoms with Gasteiger partial charge in [0.15, 0.2) is 0 Å². The molecule has 0 saturated carbocycles. The predicted octanol–water partition coefficient (Wildman–Crippen LogP) is 3.43. The van der Waals surface area contributed by atoms with E-state index < -0.39 is 0 Å². The summed E-state index contributed by atoms with van der Waals surface area (Å²) in [5.74, 6) is 0.968. The molecule has 2 rings (SSSR count). The van der Waals surface area contributed by atoms with E-state index >= 15 is 0 Å². The molecule has 118 valence electrons. The molecule has 0 unspecified atom stereocenters. The Kier molecular flexibility index (Phi) is 7.50. The molecule has 0 aromatic heterocycles. The minimum Gasteiger partial charge on any atom is -0.491 e. The van der Waals surface area contributed by atoms with Gasteiger partial charge in [-0.05, 0) is 23.6 Å². The molecule has 0 atom stereocenters. The number of ether oxygens (including phenoxy) is 2. The summed E-state index contributed by atoms with van der Waals surface area (Å²) in [4.78, 5) is 0. The SMILES string of the molecule is CCc1ccccc1OCCOCCNCc1ccccc1. The van der Waals surface area contributed by atoms with Gasteiger partial charge in [-0.2, -0.15) is 0 Å². The number of aryl methyl sites for hydroxylation is 1. The molecule has 0 amide bonds. The summed E-state index contributed by atoms with van der Waals surface area (Å²) in [7, 11) is 0. The maximum Gasteiger partial charge on any atom is 0.122 e. The fraction of sp³-hybridized carbons (Fsp3) is 0.368. The molecule has 1 N–H and O–H groups in total. The van der Waals surface area contributed by atoms with Crippen LogP contribution in [0.15, 0.2) is 54.6 Å². The Labute approximate surface area is 133 Å². The molecular weight excluding hydrogens is 274 g/mol. The van der Waals surface area contributed by atoms with Gasteiger partial charge in [0.05, 0.1) is 13.2 Å². The van der Waals surface area contributed by atoms with Crippen molar-refractivity contribution >= 4 is 0 Å². The summed E-state index contributed by atoms with van der Waals surface area (Å²) >= 11 is 0. The van der Waals surface area contributed by atoms with E-state index in [0.29, 0.717) is 19.8 Å². The van der Waals surface area contributed by atoms with Crippen molar-refractivity contribution in [3.05, 3.63) is 65.7 Å². The normalized spacial score (nSPS) is 10.6. The molecular formula is C19H25NO2. The van der Waals surface area contributed by atoms with Crippen molar-refractivity contribution in [3.8, 4) is 5.75 Å². The van der Waals surface area contributed by atoms with Crippen molar-refractivity contribution in [1.29, 1.82) is 0 Å². The van der Waals surface area contributed by atoms with Crippen LogP contribution in [0.25, 0.3) is 0 Å². The number of benzene rings is 2. The van der Waals surface area contributed by atoms with Crippen LogP contribution < -0.4 is 10.1 Å². The van der Waals surface area contributed by atoms with Crippen molar-refractivity contribution in [3.63, 3.8) is 0 Å². The first-order valence-corrected chi connectivity index (χ1v) is 7.93. The molecule has 0 fully saturated rings. The van der Waals surface area contributed by atoms with E-state index in [1.54, 1.807) is 0 Å². The maximum atomic E-state index is 5.76. The Balaban J connectivity index is 1.51. The summed E-state index contributed by atoms with van der Waals surface area (Å²) < 4.78 is 11.3. The third-order valence-corrected chi connectivity index (χ3v) is 3.43. The highest BCUT2D eigenvalue weighted by atomic mass is 16.5. The van der Waals surface area contributed by atoms with Gasteiger partial charge in [0, 0.05) is 13.1 Å². The smallest absolute Gasteiger partial charge is 0.122 e. The fourth-order valence-corrected chi connectivity index (χ4v) is 2.22. The average Bonchev–Trinajstić information content (AvgIpc) is 2.58. The highest BCUT2D eigenvalue weighted by molar-refractivity contribution is 5.33. The van der Waals surface area contributed by atoms with Crippen molar-refractivity contribution in [2.75, 3.05) is 26.4 Å². The molecule has 0 heterocycles. The van der Waals surface area contributed by atoms with Crippen molar-refractivity contribution in [2.45, 2.75) is 19.9 Å². The second-order valence-electron chi connectivity index (χ2n) is 5.08. The Morgan fingerprint density at radius 1 is 0.864 bits per heavy atom. The minimum atomic E-state index is 0.593. The van der Waals surface area contributed by atoms with Gasteiger partial charge in [-0.1, -0.05) is 55.5 Å². The van der Waals surface area contributed by atoms with Gasteiger partial charge in [-0.25, -0.2) is 0 Å². The zero-order chi connectivity index (χ0) is 15.5. The summed E-state index contributed by atoms with van der Waals surface area (Å²) in [5, 5.41) is 3.36. The molecule has 0 bridgehead atoms. The predicted molar refractivity (Wildman–Crippen MR) is 90.3 cm³/mol. The summed E-state index contributed by atoms with van der Waals surface area (Å²) in [6.07, 6.45) is 0.987. The molecule has 0 aliphatic carbocycles. The van der Waals surface area contributed by atoms with E-state index in [4.69, 9.17) is 9.47 Å². The number of hydrogen-bond acceptors (Lipinski definition) is 3. The molecule has 0 aliphatic heterocycles. The van der Waals surface area contributed by atoms with Crippen LogP contribution in [-0.4, -0.2) is 26.4 Å². The molecule has 0 aliphatic rings. The third-order valence-electron chi connectivity index (χ3n) is 3.43. The van der Waals surface area contributed by atoms with Crippen LogP contribution in [0.5, 0.6) is 5.75 Å². The molecule has 3 heteroatoms. The van der Waals surface area contributed by atoms with Crippen LogP contribution in [0, 0.1) is 0 Å². The van der Waals surface area contributed by atoms with Gasteiger partial charge in [0.1, 0.15) is 12.4 Å². The maximum absolute atomic E-state index is 5.76. The fourth-order valence-electron chi connectivity index (χ4n) is 2.22. The summed E-state index contributed by atoms with van der Waals surface area (Å²) in [6.45, 7) is 5.77. The number of nitrogens with one attached hydrogen (secondary N) is 1. The van der Waals surface area contributed by atoms with Gasteiger partial charge in [-0.15, -0.1) is 0 Å². The highest BCUT2D eigenvalue weighted by Crippen LogP contribution is 2.17. The van der Waals surface area contributed by atoms with Crippen molar-refractivity contribution in [2.24, 2.45) is 0 Å². The Hall–Kier alpha value is -1.84.